The number of hydrogen-bond acceptors (Lipinski definition) is 10. The van der Waals surface area contributed by atoms with Gasteiger partial charge in [-0.1, -0.05) is 24.3 Å². The van der Waals surface area contributed by atoms with E-state index in [-0.39, 0.29) is 18.9 Å². The maximum absolute atomic E-state index is 13.0. The molecule has 2 N–H and O–H groups in total. The van der Waals surface area contributed by atoms with Crippen LogP contribution in [0, 0.1) is 10.1 Å². The first-order valence-electron chi connectivity index (χ1n) is 12.3. The van der Waals surface area contributed by atoms with Crippen molar-refractivity contribution in [1.29, 1.82) is 0 Å². The zero-order chi connectivity index (χ0) is 28.1. The monoisotopic (exact) mass is 548 g/mol. The molecule has 0 fully saturated rings. The number of ether oxygens (including phenoxy) is 2. The maximum Gasteiger partial charge on any atom is 0.336 e. The average Bonchev–Trinajstić information content (AvgIpc) is 3.37. The van der Waals surface area contributed by atoms with Crippen LogP contribution in [0.3, 0.4) is 0 Å². The second kappa shape index (κ2) is 11.9. The molecular formula is C28H28N4O6S. The molecule has 0 unspecified atom stereocenters. The average molecular weight is 549 g/mol. The van der Waals surface area contributed by atoms with Crippen molar-refractivity contribution in [1.82, 2.24) is 10.3 Å². The number of aromatic nitrogens is 1. The molecule has 0 radical (unpaired) electrons. The lowest BCUT2D eigenvalue weighted by atomic mass is 9.80. The Kier molecular flexibility index (Phi) is 8.40. The van der Waals surface area contributed by atoms with Gasteiger partial charge in [0.2, 0.25) is 0 Å². The Balaban J connectivity index is 1.69. The highest BCUT2D eigenvalue weighted by molar-refractivity contribution is 7.14. The molecule has 2 heterocycles. The molecule has 0 saturated heterocycles. The topological polar surface area (TPSA) is 133 Å². The third-order valence-corrected chi connectivity index (χ3v) is 6.84. The van der Waals surface area contributed by atoms with E-state index in [9.17, 15) is 19.7 Å². The normalized spacial score (nSPS) is 13.6. The number of nitro benzene ring substituents is 1. The number of benzene rings is 2. The number of nitro groups is 1. The molecule has 10 nitrogen and oxygen atoms in total. The van der Waals surface area contributed by atoms with Gasteiger partial charge >= 0.3 is 11.9 Å². The lowest BCUT2D eigenvalue weighted by Crippen LogP contribution is -2.32. The number of dihydropyridines is 1. The number of esters is 2. The van der Waals surface area contributed by atoms with Crippen LogP contribution in [0.15, 0.2) is 76.5 Å². The fraction of sp³-hybridized carbons (Fsp3) is 0.250. The molecule has 2 aromatic carbocycles. The number of hydrogen-bond donors (Lipinski definition) is 2. The van der Waals surface area contributed by atoms with Gasteiger partial charge in [-0.3, -0.25) is 10.1 Å². The Bertz CT molecular complexity index is 1450. The molecule has 3 aromatic rings. The zero-order valence-electron chi connectivity index (χ0n) is 21.9. The number of nitrogens with one attached hydrogen (secondary N) is 2. The first kappa shape index (κ1) is 27.5. The molecule has 0 amide bonds. The quantitative estimate of drug-likeness (QED) is 0.193. The van der Waals surface area contributed by atoms with Crippen LogP contribution in [-0.2, 0) is 19.1 Å². The van der Waals surface area contributed by atoms with Gasteiger partial charge in [0.05, 0.1) is 40.9 Å². The summed E-state index contributed by atoms with van der Waals surface area (Å²) in [5.74, 6) is -1.73. The van der Waals surface area contributed by atoms with Crippen LogP contribution in [0.1, 0.15) is 39.2 Å². The van der Waals surface area contributed by atoms with Gasteiger partial charge in [0.25, 0.3) is 5.69 Å². The standard InChI is InChI=1S/C28H28N4O6S/c1-5-37-26(33)23-16(3)29-17(4)24(27(34)38-6-2)25(23)19-10-7-11-20(13-19)30-28-31-22(15-39-28)18-9-8-12-21(14-18)32(35)36/h7-15,25,29H,5-6H2,1-4H3,(H,30,31). The maximum atomic E-state index is 13.0. The smallest absolute Gasteiger partial charge is 0.336 e. The van der Waals surface area contributed by atoms with Gasteiger partial charge in [-0.2, -0.15) is 0 Å². The van der Waals surface area contributed by atoms with Crippen LogP contribution in [0.2, 0.25) is 0 Å². The number of allylic oxidation sites excluding steroid dienone is 2. The molecular weight excluding hydrogens is 520 g/mol. The van der Waals surface area contributed by atoms with Gasteiger partial charge in [0.1, 0.15) is 0 Å². The minimum absolute atomic E-state index is 0.00816. The molecule has 1 aliphatic rings. The van der Waals surface area contributed by atoms with Crippen LogP contribution < -0.4 is 10.6 Å². The molecule has 0 spiro atoms. The Morgan fingerprint density at radius 2 is 1.67 bits per heavy atom. The zero-order valence-corrected chi connectivity index (χ0v) is 22.8. The second-order valence-corrected chi connectivity index (χ2v) is 9.53. The van der Waals surface area contributed by atoms with Crippen molar-refractivity contribution in [3.63, 3.8) is 0 Å². The summed E-state index contributed by atoms with van der Waals surface area (Å²) in [5.41, 5.74) is 4.49. The van der Waals surface area contributed by atoms with Gasteiger partial charge in [0, 0.05) is 40.2 Å². The Morgan fingerprint density at radius 3 is 2.28 bits per heavy atom. The van der Waals surface area contributed by atoms with E-state index >= 15 is 0 Å². The van der Waals surface area contributed by atoms with Crippen molar-refractivity contribution in [2.24, 2.45) is 0 Å². The van der Waals surface area contributed by atoms with Crippen LogP contribution in [0.5, 0.6) is 0 Å². The van der Waals surface area contributed by atoms with E-state index in [2.05, 4.69) is 15.6 Å². The predicted octanol–water partition coefficient (Wildman–Crippen LogP) is 5.82. The number of thiazole rings is 1. The van der Waals surface area contributed by atoms with Crippen molar-refractivity contribution < 1.29 is 24.0 Å². The molecule has 39 heavy (non-hydrogen) atoms. The van der Waals surface area contributed by atoms with E-state index in [0.29, 0.717) is 50.2 Å². The molecule has 0 saturated carbocycles. The van der Waals surface area contributed by atoms with E-state index in [4.69, 9.17) is 9.47 Å². The number of carbonyl (C=O) groups excluding carboxylic acids is 2. The Labute approximate surface area is 229 Å². The van der Waals surface area contributed by atoms with Gasteiger partial charge in [0.15, 0.2) is 5.13 Å². The number of non-ortho nitro benzene ring substituents is 1. The summed E-state index contributed by atoms with van der Waals surface area (Å²) >= 11 is 1.35. The summed E-state index contributed by atoms with van der Waals surface area (Å²) in [5, 5.41) is 19.9. The summed E-state index contributed by atoms with van der Waals surface area (Å²) in [6, 6.07) is 13.7. The first-order chi connectivity index (χ1) is 18.7. The van der Waals surface area contributed by atoms with E-state index in [0.717, 1.165) is 0 Å². The largest absolute Gasteiger partial charge is 0.463 e. The Morgan fingerprint density at radius 1 is 1.03 bits per heavy atom. The Hall–Kier alpha value is -4.51. The number of anilines is 2. The molecule has 0 aliphatic carbocycles. The molecule has 4 rings (SSSR count). The second-order valence-electron chi connectivity index (χ2n) is 8.67. The van der Waals surface area contributed by atoms with Crippen molar-refractivity contribution in [3.8, 4) is 11.3 Å². The summed E-state index contributed by atoms with van der Waals surface area (Å²) in [6.07, 6.45) is 0. The molecule has 0 atom stereocenters. The van der Waals surface area contributed by atoms with Gasteiger partial charge in [-0.25, -0.2) is 14.6 Å². The number of nitrogens with zero attached hydrogens (tertiary/aromatic N) is 2. The van der Waals surface area contributed by atoms with Crippen LogP contribution in [0.4, 0.5) is 16.5 Å². The molecule has 11 heteroatoms. The summed E-state index contributed by atoms with van der Waals surface area (Å²) in [4.78, 5) is 41.4. The molecule has 202 valence electrons. The fourth-order valence-corrected chi connectivity index (χ4v) is 5.19. The first-order valence-corrected chi connectivity index (χ1v) is 13.2. The lowest BCUT2D eigenvalue weighted by molar-refractivity contribution is -0.384. The van der Waals surface area contributed by atoms with Crippen molar-refractivity contribution in [3.05, 3.63) is 92.1 Å². The number of carbonyl (C=O) groups is 2. The van der Waals surface area contributed by atoms with Crippen LogP contribution >= 0.6 is 11.3 Å². The van der Waals surface area contributed by atoms with E-state index in [1.54, 1.807) is 39.8 Å². The third-order valence-electron chi connectivity index (χ3n) is 6.08. The highest BCUT2D eigenvalue weighted by atomic mass is 32.1. The predicted molar refractivity (Wildman–Crippen MR) is 148 cm³/mol. The van der Waals surface area contributed by atoms with Gasteiger partial charge in [-0.15, -0.1) is 11.3 Å². The lowest BCUT2D eigenvalue weighted by Gasteiger charge is -2.30. The van der Waals surface area contributed by atoms with Crippen molar-refractivity contribution >= 4 is 39.8 Å². The highest BCUT2D eigenvalue weighted by Crippen LogP contribution is 2.40. The molecule has 0 bridgehead atoms. The summed E-state index contributed by atoms with van der Waals surface area (Å²) in [7, 11) is 0. The minimum atomic E-state index is -0.706. The summed E-state index contributed by atoms with van der Waals surface area (Å²) < 4.78 is 10.7. The van der Waals surface area contributed by atoms with E-state index in [1.807, 2.05) is 29.6 Å². The van der Waals surface area contributed by atoms with E-state index in [1.165, 1.54) is 23.5 Å². The van der Waals surface area contributed by atoms with Crippen molar-refractivity contribution in [2.75, 3.05) is 18.5 Å². The molecule has 1 aromatic heterocycles. The summed E-state index contributed by atoms with van der Waals surface area (Å²) in [6.45, 7) is 7.39. The fourth-order valence-electron chi connectivity index (χ4n) is 4.45. The van der Waals surface area contributed by atoms with Crippen LogP contribution in [-0.4, -0.2) is 35.1 Å². The van der Waals surface area contributed by atoms with E-state index < -0.39 is 22.8 Å². The number of rotatable bonds is 9. The van der Waals surface area contributed by atoms with Crippen LogP contribution in [0.25, 0.3) is 11.3 Å². The third kappa shape index (κ3) is 5.99. The van der Waals surface area contributed by atoms with Gasteiger partial charge < -0.3 is 20.1 Å². The highest BCUT2D eigenvalue weighted by Gasteiger charge is 2.38. The van der Waals surface area contributed by atoms with Crippen molar-refractivity contribution in [2.45, 2.75) is 33.6 Å². The minimum Gasteiger partial charge on any atom is -0.463 e. The van der Waals surface area contributed by atoms with Gasteiger partial charge in [-0.05, 0) is 45.4 Å². The molecule has 1 aliphatic heterocycles. The SMILES string of the molecule is CCOC(=O)C1=C(C)NC(C)=C(C(=O)OCC)C1c1cccc(Nc2nc(-c3cccc([N+](=O)[O-])c3)cs2)c1.